The third kappa shape index (κ3) is 1.82. The first kappa shape index (κ1) is 9.63. The molecule has 1 rings (SSSR count). The van der Waals surface area contributed by atoms with Crippen molar-refractivity contribution in [1.82, 2.24) is 4.57 Å². The first-order valence-electron chi connectivity index (χ1n) is 3.29. The summed E-state index contributed by atoms with van der Waals surface area (Å²) in [6.07, 6.45) is -3.59. The van der Waals surface area contributed by atoms with E-state index in [0.717, 1.165) is 17.8 Å². The summed E-state index contributed by atoms with van der Waals surface area (Å²) in [6.45, 7) is 0. The molecule has 0 aliphatic heterocycles. The van der Waals surface area contributed by atoms with Gasteiger partial charge in [0, 0.05) is 13.2 Å². The highest BCUT2D eigenvalue weighted by Crippen LogP contribution is 2.30. The Hall–Kier alpha value is -1.46. The molecule has 0 aliphatic rings. The first-order valence-corrected chi connectivity index (χ1v) is 3.29. The Kier molecular flexibility index (Phi) is 2.07. The summed E-state index contributed by atoms with van der Waals surface area (Å²) >= 11 is 0. The minimum Gasteiger partial charge on any atom is -0.478 e. The van der Waals surface area contributed by atoms with Crippen LogP contribution >= 0.6 is 0 Å². The van der Waals surface area contributed by atoms with Crippen LogP contribution in [0.15, 0.2) is 12.3 Å². The molecule has 3 nitrogen and oxygen atoms in total. The van der Waals surface area contributed by atoms with E-state index in [1.807, 2.05) is 0 Å². The molecule has 1 heterocycles. The Labute approximate surface area is 71.4 Å². The van der Waals surface area contributed by atoms with Crippen molar-refractivity contribution >= 4 is 5.97 Å². The molecule has 0 aliphatic carbocycles. The van der Waals surface area contributed by atoms with Gasteiger partial charge in [0.25, 0.3) is 0 Å². The van der Waals surface area contributed by atoms with Crippen LogP contribution in [-0.4, -0.2) is 15.6 Å². The second-order valence-electron chi connectivity index (χ2n) is 2.53. The first-order chi connectivity index (χ1) is 5.82. The van der Waals surface area contributed by atoms with E-state index in [4.69, 9.17) is 5.11 Å². The molecule has 1 N–H and O–H groups in total. The Morgan fingerprint density at radius 1 is 1.54 bits per heavy atom. The lowest BCUT2D eigenvalue weighted by Gasteiger charge is -2.05. The van der Waals surface area contributed by atoms with E-state index in [1.165, 1.54) is 0 Å². The van der Waals surface area contributed by atoms with Crippen molar-refractivity contribution in [1.29, 1.82) is 0 Å². The zero-order valence-electron chi connectivity index (χ0n) is 6.59. The molecule has 0 fully saturated rings. The number of aromatic nitrogens is 1. The monoisotopic (exact) mass is 193 g/mol. The molecule has 1 aromatic heterocycles. The number of hydrogen-bond acceptors (Lipinski definition) is 1. The van der Waals surface area contributed by atoms with Gasteiger partial charge in [0.1, 0.15) is 5.69 Å². The van der Waals surface area contributed by atoms with E-state index in [2.05, 4.69) is 0 Å². The molecule has 6 heteroatoms. The van der Waals surface area contributed by atoms with Gasteiger partial charge >= 0.3 is 12.1 Å². The normalized spacial score (nSPS) is 11.7. The maximum absolute atomic E-state index is 12.1. The van der Waals surface area contributed by atoms with Gasteiger partial charge in [0.15, 0.2) is 0 Å². The van der Waals surface area contributed by atoms with Crippen molar-refractivity contribution in [2.45, 2.75) is 6.18 Å². The summed E-state index contributed by atoms with van der Waals surface area (Å²) in [5.74, 6) is -1.37. The summed E-state index contributed by atoms with van der Waals surface area (Å²) in [7, 11) is 1.15. The van der Waals surface area contributed by atoms with Gasteiger partial charge in [-0.05, 0) is 6.07 Å². The van der Waals surface area contributed by atoms with E-state index in [9.17, 15) is 18.0 Å². The molecule has 0 amide bonds. The van der Waals surface area contributed by atoms with Crippen LogP contribution in [0.4, 0.5) is 13.2 Å². The van der Waals surface area contributed by atoms with E-state index in [1.54, 1.807) is 0 Å². The lowest BCUT2D eigenvalue weighted by Crippen LogP contribution is -2.09. The number of halogens is 3. The zero-order valence-corrected chi connectivity index (χ0v) is 6.59. The molecule has 0 spiro atoms. The lowest BCUT2D eigenvalue weighted by atomic mass is 10.3. The fourth-order valence-corrected chi connectivity index (χ4v) is 0.963. The zero-order chi connectivity index (χ0) is 10.2. The quantitative estimate of drug-likeness (QED) is 0.738. The van der Waals surface area contributed by atoms with Gasteiger partial charge in [-0.1, -0.05) is 0 Å². The van der Waals surface area contributed by atoms with Crippen molar-refractivity contribution in [2.24, 2.45) is 7.05 Å². The average Bonchev–Trinajstić information content (AvgIpc) is 2.29. The number of aryl methyl sites for hydroxylation is 1. The van der Waals surface area contributed by atoms with Crippen molar-refractivity contribution in [3.63, 3.8) is 0 Å². The van der Waals surface area contributed by atoms with Crippen LogP contribution in [-0.2, 0) is 13.2 Å². The van der Waals surface area contributed by atoms with Gasteiger partial charge in [-0.25, -0.2) is 4.79 Å². The molecule has 0 atom stereocenters. The molecular formula is C7H6F3NO2. The molecule has 0 unspecified atom stereocenters. The third-order valence-electron chi connectivity index (χ3n) is 1.54. The number of carboxylic acid groups (broad SMARTS) is 1. The van der Waals surface area contributed by atoms with Crippen LogP contribution < -0.4 is 0 Å². The number of alkyl halides is 3. The predicted molar refractivity (Wildman–Crippen MR) is 37.4 cm³/mol. The molecule has 0 bridgehead atoms. The molecule has 0 radical (unpaired) electrons. The molecule has 1 aromatic rings. The third-order valence-corrected chi connectivity index (χ3v) is 1.54. The second kappa shape index (κ2) is 2.79. The molecule has 72 valence electrons. The van der Waals surface area contributed by atoms with Gasteiger partial charge in [-0.2, -0.15) is 13.2 Å². The largest absolute Gasteiger partial charge is 0.478 e. The van der Waals surface area contributed by atoms with E-state index in [0.29, 0.717) is 6.07 Å². The van der Waals surface area contributed by atoms with Gasteiger partial charge in [0.2, 0.25) is 0 Å². The van der Waals surface area contributed by atoms with Gasteiger partial charge in [-0.15, -0.1) is 0 Å². The van der Waals surface area contributed by atoms with Crippen molar-refractivity contribution in [3.8, 4) is 0 Å². The highest BCUT2D eigenvalue weighted by molar-refractivity contribution is 5.87. The highest BCUT2D eigenvalue weighted by Gasteiger charge is 2.34. The second-order valence-corrected chi connectivity index (χ2v) is 2.53. The molecule has 0 saturated heterocycles. The van der Waals surface area contributed by atoms with Crippen molar-refractivity contribution in [3.05, 3.63) is 23.5 Å². The maximum atomic E-state index is 12.1. The fraction of sp³-hybridized carbons (Fsp3) is 0.286. The summed E-state index contributed by atoms with van der Waals surface area (Å²) in [6, 6.07) is 0.600. The Balaban J connectivity index is 3.18. The topological polar surface area (TPSA) is 42.2 Å². The van der Waals surface area contributed by atoms with Gasteiger partial charge in [0.05, 0.1) is 5.56 Å². The van der Waals surface area contributed by atoms with Crippen LogP contribution in [0.2, 0.25) is 0 Å². The number of carbonyl (C=O) groups is 1. The fourth-order valence-electron chi connectivity index (χ4n) is 0.963. The van der Waals surface area contributed by atoms with Crippen LogP contribution in [0.1, 0.15) is 16.1 Å². The SMILES string of the molecule is Cn1cc(C(=O)O)cc1C(F)(F)F. The van der Waals surface area contributed by atoms with E-state index < -0.39 is 17.8 Å². The van der Waals surface area contributed by atoms with E-state index in [-0.39, 0.29) is 5.56 Å². The van der Waals surface area contributed by atoms with Crippen molar-refractivity contribution in [2.75, 3.05) is 0 Å². The summed E-state index contributed by atoms with van der Waals surface area (Å²) < 4.78 is 37.1. The van der Waals surface area contributed by atoms with Crippen LogP contribution in [0.5, 0.6) is 0 Å². The Morgan fingerprint density at radius 2 is 2.08 bits per heavy atom. The maximum Gasteiger partial charge on any atom is 0.431 e. The summed E-state index contributed by atoms with van der Waals surface area (Å²) in [5, 5.41) is 8.41. The molecular weight excluding hydrogens is 187 g/mol. The summed E-state index contributed by atoms with van der Waals surface area (Å²) in [4.78, 5) is 10.3. The highest BCUT2D eigenvalue weighted by atomic mass is 19.4. The minimum absolute atomic E-state index is 0.366. The van der Waals surface area contributed by atoms with Crippen molar-refractivity contribution < 1.29 is 23.1 Å². The molecule has 0 aromatic carbocycles. The molecule has 0 saturated carbocycles. The van der Waals surface area contributed by atoms with Crippen LogP contribution in [0.25, 0.3) is 0 Å². The number of hydrogen-bond donors (Lipinski definition) is 1. The van der Waals surface area contributed by atoms with Gasteiger partial charge < -0.3 is 9.67 Å². The smallest absolute Gasteiger partial charge is 0.431 e. The summed E-state index contributed by atoms with van der Waals surface area (Å²) in [5.41, 5.74) is -1.33. The number of aromatic carboxylic acids is 1. The van der Waals surface area contributed by atoms with Crippen LogP contribution in [0, 0.1) is 0 Å². The van der Waals surface area contributed by atoms with Crippen LogP contribution in [0.3, 0.4) is 0 Å². The number of rotatable bonds is 1. The number of carboxylic acids is 1. The Bertz CT molecular complexity index is 340. The Morgan fingerprint density at radius 3 is 2.31 bits per heavy atom. The average molecular weight is 193 g/mol. The lowest BCUT2D eigenvalue weighted by molar-refractivity contribution is -0.143. The van der Waals surface area contributed by atoms with E-state index >= 15 is 0 Å². The predicted octanol–water partition coefficient (Wildman–Crippen LogP) is 1.74. The number of nitrogens with zero attached hydrogens (tertiary/aromatic N) is 1. The van der Waals surface area contributed by atoms with Gasteiger partial charge in [-0.3, -0.25) is 0 Å². The minimum atomic E-state index is -4.51. The standard InChI is InChI=1S/C7H6F3NO2/c1-11-3-4(6(12)13)2-5(11)7(8,9)10/h2-3H,1H3,(H,12,13). The molecule has 13 heavy (non-hydrogen) atoms.